The van der Waals surface area contributed by atoms with Gasteiger partial charge in [0.15, 0.2) is 0 Å². The largest absolute Gasteiger partial charge is 0.452 e. The number of piperidine rings is 1. The minimum Gasteiger partial charge on any atom is -0.344 e. The number of nitrogens with zero attached hydrogens (tertiary/aromatic N) is 2. The predicted molar refractivity (Wildman–Crippen MR) is 139 cm³/mol. The molecule has 1 aromatic rings. The fraction of sp³-hybridized carbons (Fsp3) is 0.630. The van der Waals surface area contributed by atoms with Crippen LogP contribution in [0.15, 0.2) is 30.3 Å². The second-order valence-corrected chi connectivity index (χ2v) is 10.5. The van der Waals surface area contributed by atoms with Crippen LogP contribution in [-0.2, 0) is 20.8 Å². The Labute approximate surface area is 226 Å². The number of likely N-dealkylation sites (tertiary alicyclic amines) is 2. The van der Waals surface area contributed by atoms with Crippen molar-refractivity contribution in [3.05, 3.63) is 35.9 Å². The van der Waals surface area contributed by atoms with E-state index in [2.05, 4.69) is 16.0 Å². The number of alkyl halides is 3. The molecule has 0 aliphatic carbocycles. The fourth-order valence-electron chi connectivity index (χ4n) is 5.12. The van der Waals surface area contributed by atoms with Gasteiger partial charge < -0.3 is 25.8 Å². The Hall–Kier alpha value is -3.15. The molecule has 3 atom stereocenters. The van der Waals surface area contributed by atoms with Gasteiger partial charge in [-0.25, -0.2) is 4.79 Å². The van der Waals surface area contributed by atoms with Gasteiger partial charge in [-0.05, 0) is 44.2 Å². The second-order valence-electron chi connectivity index (χ2n) is 10.5. The van der Waals surface area contributed by atoms with E-state index < -0.39 is 41.9 Å². The number of hydrogen-bond acceptors (Lipinski definition) is 5. The fourth-order valence-corrected chi connectivity index (χ4v) is 5.12. The summed E-state index contributed by atoms with van der Waals surface area (Å²) in [6.07, 6.45) is -3.17. The highest BCUT2D eigenvalue weighted by Gasteiger charge is 2.46. The number of amides is 4. The molecular weight excluding hydrogens is 515 g/mol. The number of urea groups is 1. The van der Waals surface area contributed by atoms with Crippen molar-refractivity contribution in [1.29, 1.82) is 0 Å². The lowest BCUT2D eigenvalue weighted by Gasteiger charge is -2.35. The van der Waals surface area contributed by atoms with E-state index in [-0.39, 0.29) is 31.3 Å². The van der Waals surface area contributed by atoms with Crippen molar-refractivity contribution in [2.45, 2.75) is 76.3 Å². The van der Waals surface area contributed by atoms with Crippen LogP contribution in [0.5, 0.6) is 0 Å². The maximum absolute atomic E-state index is 13.5. The highest BCUT2D eigenvalue weighted by atomic mass is 19.4. The molecule has 0 radical (unpaired) electrons. The van der Waals surface area contributed by atoms with Gasteiger partial charge in [-0.1, -0.05) is 44.2 Å². The Morgan fingerprint density at radius 2 is 1.62 bits per heavy atom. The first-order valence-corrected chi connectivity index (χ1v) is 13.4. The summed E-state index contributed by atoms with van der Waals surface area (Å²) in [5.41, 5.74) is 0.459. The number of ketones is 1. The average molecular weight is 554 g/mol. The van der Waals surface area contributed by atoms with E-state index in [0.29, 0.717) is 31.1 Å². The van der Waals surface area contributed by atoms with Crippen LogP contribution >= 0.6 is 0 Å². The topological polar surface area (TPSA) is 111 Å². The number of carbonyl (C=O) groups is 4. The van der Waals surface area contributed by atoms with Crippen LogP contribution < -0.4 is 16.0 Å². The minimum absolute atomic E-state index is 0.222. The molecule has 9 nitrogen and oxygen atoms in total. The standard InChI is InChI=1S/C27H38F3N5O4/c1-17(2)22(33-26(39)34-14-11-19(31-3)12-15-34)25(38)35-13-7-10-21(35)24(37)32-20(23(36)27(28,29)30)16-18-8-5-4-6-9-18/h4-6,8-9,17,19-22,31H,7,10-16H2,1-3H3,(H,32,37)(H,33,39)/t20-,21+,22+/m1/s1. The molecule has 0 spiro atoms. The summed E-state index contributed by atoms with van der Waals surface area (Å²) in [7, 11) is 1.87. The van der Waals surface area contributed by atoms with Crippen LogP contribution in [0.25, 0.3) is 0 Å². The molecule has 3 rings (SSSR count). The SMILES string of the molecule is CNC1CCN(C(=O)N[C@H](C(=O)N2CCC[C@H]2C(=O)N[C@H](Cc2ccccc2)C(=O)C(F)(F)F)C(C)C)CC1. The highest BCUT2D eigenvalue weighted by Crippen LogP contribution is 2.23. The van der Waals surface area contributed by atoms with Gasteiger partial charge in [0.1, 0.15) is 18.1 Å². The lowest BCUT2D eigenvalue weighted by atomic mass is 10.0. The van der Waals surface area contributed by atoms with Crippen LogP contribution in [0.2, 0.25) is 0 Å². The summed E-state index contributed by atoms with van der Waals surface area (Å²) in [6, 6.07) is 4.30. The number of Topliss-reactive ketones (excluding diaryl/α,β-unsaturated/α-hetero) is 1. The minimum atomic E-state index is -5.13. The first-order chi connectivity index (χ1) is 18.4. The first kappa shape index (κ1) is 30.4. The molecule has 2 aliphatic heterocycles. The summed E-state index contributed by atoms with van der Waals surface area (Å²) in [4.78, 5) is 54.8. The van der Waals surface area contributed by atoms with Gasteiger partial charge in [0, 0.05) is 32.1 Å². The number of benzene rings is 1. The van der Waals surface area contributed by atoms with Gasteiger partial charge in [0.25, 0.3) is 5.78 Å². The van der Waals surface area contributed by atoms with Crippen molar-refractivity contribution in [2.75, 3.05) is 26.7 Å². The maximum Gasteiger partial charge on any atom is 0.452 e. The van der Waals surface area contributed by atoms with E-state index in [1.54, 1.807) is 49.1 Å². The third kappa shape index (κ3) is 7.93. The van der Waals surface area contributed by atoms with E-state index in [4.69, 9.17) is 0 Å². The molecule has 2 aliphatic rings. The zero-order valence-corrected chi connectivity index (χ0v) is 22.6. The van der Waals surface area contributed by atoms with Crippen molar-refractivity contribution in [3.63, 3.8) is 0 Å². The third-order valence-corrected chi connectivity index (χ3v) is 7.44. The molecule has 0 bridgehead atoms. The summed E-state index contributed by atoms with van der Waals surface area (Å²) < 4.78 is 40.0. The lowest BCUT2D eigenvalue weighted by molar-refractivity contribution is -0.173. The third-order valence-electron chi connectivity index (χ3n) is 7.44. The van der Waals surface area contributed by atoms with Gasteiger partial charge in [0.2, 0.25) is 11.8 Å². The Morgan fingerprint density at radius 1 is 0.974 bits per heavy atom. The number of nitrogens with one attached hydrogen (secondary N) is 3. The Kier molecular flexibility index (Phi) is 10.3. The number of rotatable bonds is 9. The monoisotopic (exact) mass is 553 g/mol. The Morgan fingerprint density at radius 3 is 2.18 bits per heavy atom. The summed E-state index contributed by atoms with van der Waals surface area (Å²) in [6.45, 7) is 4.86. The average Bonchev–Trinajstić information content (AvgIpc) is 3.40. The van der Waals surface area contributed by atoms with E-state index >= 15 is 0 Å². The maximum atomic E-state index is 13.5. The van der Waals surface area contributed by atoms with E-state index in [0.717, 1.165) is 12.8 Å². The summed E-state index contributed by atoms with van der Waals surface area (Å²) in [5.74, 6) is -3.63. The second kappa shape index (κ2) is 13.3. The molecule has 2 saturated heterocycles. The smallest absolute Gasteiger partial charge is 0.344 e. The van der Waals surface area contributed by atoms with Crippen molar-refractivity contribution in [1.82, 2.24) is 25.8 Å². The molecule has 0 unspecified atom stereocenters. The zero-order chi connectivity index (χ0) is 28.7. The van der Waals surface area contributed by atoms with E-state index in [1.165, 1.54) is 4.90 Å². The molecule has 2 fully saturated rings. The van der Waals surface area contributed by atoms with Crippen molar-refractivity contribution >= 4 is 23.6 Å². The Balaban J connectivity index is 1.70. The zero-order valence-electron chi connectivity index (χ0n) is 22.6. The van der Waals surface area contributed by atoms with E-state index in [1.807, 2.05) is 7.05 Å². The number of carbonyl (C=O) groups excluding carboxylic acids is 4. The number of halogens is 3. The number of hydrogen-bond donors (Lipinski definition) is 3. The van der Waals surface area contributed by atoms with Gasteiger partial charge >= 0.3 is 12.2 Å². The van der Waals surface area contributed by atoms with Gasteiger partial charge in [-0.3, -0.25) is 14.4 Å². The quantitative estimate of drug-likeness (QED) is 0.435. The van der Waals surface area contributed by atoms with Gasteiger partial charge in [0.05, 0.1) is 0 Å². The van der Waals surface area contributed by atoms with Crippen LogP contribution in [0.3, 0.4) is 0 Å². The molecule has 39 heavy (non-hydrogen) atoms. The van der Waals surface area contributed by atoms with Crippen molar-refractivity contribution in [2.24, 2.45) is 5.92 Å². The first-order valence-electron chi connectivity index (χ1n) is 13.4. The molecular formula is C27H38F3N5O4. The van der Waals surface area contributed by atoms with Crippen molar-refractivity contribution in [3.8, 4) is 0 Å². The van der Waals surface area contributed by atoms with Crippen LogP contribution in [0.4, 0.5) is 18.0 Å². The van der Waals surface area contributed by atoms with Gasteiger partial charge in [-0.2, -0.15) is 13.2 Å². The molecule has 0 aromatic heterocycles. The molecule has 12 heteroatoms. The summed E-state index contributed by atoms with van der Waals surface area (Å²) in [5, 5.41) is 8.27. The molecule has 2 heterocycles. The normalized spacial score (nSPS) is 20.0. The van der Waals surface area contributed by atoms with Crippen LogP contribution in [-0.4, -0.2) is 90.5 Å². The predicted octanol–water partition coefficient (Wildman–Crippen LogP) is 2.25. The van der Waals surface area contributed by atoms with Gasteiger partial charge in [-0.15, -0.1) is 0 Å². The lowest BCUT2D eigenvalue weighted by Crippen LogP contribution is -2.59. The van der Waals surface area contributed by atoms with Crippen LogP contribution in [0.1, 0.15) is 45.1 Å². The molecule has 0 saturated carbocycles. The van der Waals surface area contributed by atoms with E-state index in [9.17, 15) is 32.3 Å². The van der Waals surface area contributed by atoms with Crippen LogP contribution in [0, 0.1) is 5.92 Å². The molecule has 4 amide bonds. The Bertz CT molecular complexity index is 1010. The highest BCUT2D eigenvalue weighted by molar-refractivity contribution is 5.96. The molecule has 1 aromatic carbocycles. The molecule has 216 valence electrons. The molecule has 3 N–H and O–H groups in total. The van der Waals surface area contributed by atoms with Crippen molar-refractivity contribution < 1.29 is 32.3 Å². The summed E-state index contributed by atoms with van der Waals surface area (Å²) >= 11 is 0.